The van der Waals surface area contributed by atoms with Crippen molar-refractivity contribution in [2.45, 2.75) is 11.8 Å². The number of nitrogens with one attached hydrogen (secondary N) is 1. The Labute approximate surface area is 133 Å². The van der Waals surface area contributed by atoms with Crippen molar-refractivity contribution in [2.24, 2.45) is 0 Å². The van der Waals surface area contributed by atoms with Crippen molar-refractivity contribution in [3.8, 4) is 0 Å². The van der Waals surface area contributed by atoms with Gasteiger partial charge < -0.3 is 4.74 Å². The van der Waals surface area contributed by atoms with Gasteiger partial charge in [0.2, 0.25) is 0 Å². The van der Waals surface area contributed by atoms with Crippen LogP contribution >= 0.6 is 11.6 Å². The Morgan fingerprint density at radius 3 is 2.36 bits per heavy atom. The van der Waals surface area contributed by atoms with E-state index in [1.807, 2.05) is 6.92 Å². The van der Waals surface area contributed by atoms with Gasteiger partial charge in [-0.3, -0.25) is 4.72 Å². The Morgan fingerprint density at radius 1 is 1.14 bits per heavy atom. The van der Waals surface area contributed by atoms with Crippen LogP contribution in [-0.4, -0.2) is 21.5 Å². The van der Waals surface area contributed by atoms with Crippen LogP contribution in [0.25, 0.3) is 0 Å². The minimum Gasteiger partial charge on any atom is -0.465 e. The molecule has 0 aromatic heterocycles. The Balaban J connectivity index is 2.41. The summed E-state index contributed by atoms with van der Waals surface area (Å²) in [6.07, 6.45) is 0. The van der Waals surface area contributed by atoms with Crippen LogP contribution in [0.5, 0.6) is 0 Å². The van der Waals surface area contributed by atoms with E-state index in [2.05, 4.69) is 9.46 Å². The first-order valence-electron chi connectivity index (χ1n) is 6.31. The fraction of sp³-hybridized carbons (Fsp3) is 0.133. The van der Waals surface area contributed by atoms with E-state index < -0.39 is 16.0 Å². The van der Waals surface area contributed by atoms with Gasteiger partial charge >= 0.3 is 5.97 Å². The van der Waals surface area contributed by atoms with Crippen LogP contribution in [0, 0.1) is 6.92 Å². The van der Waals surface area contributed by atoms with Gasteiger partial charge in [-0.15, -0.1) is 0 Å². The third-order valence-corrected chi connectivity index (χ3v) is 4.58. The van der Waals surface area contributed by atoms with E-state index in [1.54, 1.807) is 12.1 Å². The number of halogens is 1. The van der Waals surface area contributed by atoms with E-state index in [-0.39, 0.29) is 16.1 Å². The first-order chi connectivity index (χ1) is 10.3. The monoisotopic (exact) mass is 339 g/mol. The Hall–Kier alpha value is -2.05. The summed E-state index contributed by atoms with van der Waals surface area (Å²) >= 11 is 5.84. The van der Waals surface area contributed by atoms with Crippen molar-refractivity contribution < 1.29 is 17.9 Å². The summed E-state index contributed by atoms with van der Waals surface area (Å²) in [5, 5.41) is 0.304. The van der Waals surface area contributed by atoms with Crippen LogP contribution in [0.2, 0.25) is 5.02 Å². The quantitative estimate of drug-likeness (QED) is 0.868. The van der Waals surface area contributed by atoms with E-state index in [1.165, 1.54) is 37.4 Å². The zero-order valence-corrected chi connectivity index (χ0v) is 13.5. The molecule has 2 aromatic rings. The highest BCUT2D eigenvalue weighted by Crippen LogP contribution is 2.24. The number of ether oxygens (including phenoxy) is 1. The van der Waals surface area contributed by atoms with Crippen LogP contribution < -0.4 is 4.72 Å². The molecule has 0 bridgehead atoms. The van der Waals surface area contributed by atoms with Crippen molar-refractivity contribution in [2.75, 3.05) is 11.8 Å². The molecule has 0 unspecified atom stereocenters. The molecule has 116 valence electrons. The van der Waals surface area contributed by atoms with Gasteiger partial charge in [-0.1, -0.05) is 29.3 Å². The van der Waals surface area contributed by atoms with Crippen molar-refractivity contribution in [1.29, 1.82) is 0 Å². The maximum Gasteiger partial charge on any atom is 0.340 e. The lowest BCUT2D eigenvalue weighted by atomic mass is 10.2. The zero-order chi connectivity index (χ0) is 16.3. The summed E-state index contributed by atoms with van der Waals surface area (Å²) < 4.78 is 31.7. The van der Waals surface area contributed by atoms with Crippen molar-refractivity contribution in [1.82, 2.24) is 0 Å². The number of carbonyl (C=O) groups is 1. The third-order valence-electron chi connectivity index (χ3n) is 2.96. The average molecular weight is 340 g/mol. The topological polar surface area (TPSA) is 72.5 Å². The van der Waals surface area contributed by atoms with Gasteiger partial charge in [0, 0.05) is 5.02 Å². The molecule has 0 aliphatic carbocycles. The number of hydrogen-bond acceptors (Lipinski definition) is 4. The van der Waals surface area contributed by atoms with Crippen LogP contribution in [0.4, 0.5) is 5.69 Å². The molecule has 0 aliphatic rings. The lowest BCUT2D eigenvalue weighted by molar-refractivity contribution is 0.0602. The van der Waals surface area contributed by atoms with E-state index in [0.29, 0.717) is 5.02 Å². The molecular formula is C15H14ClNO4S. The molecule has 5 nitrogen and oxygen atoms in total. The number of rotatable bonds is 4. The minimum atomic E-state index is -3.81. The molecule has 0 saturated heterocycles. The second-order valence-corrected chi connectivity index (χ2v) is 6.72. The van der Waals surface area contributed by atoms with Gasteiger partial charge in [-0.05, 0) is 37.3 Å². The highest BCUT2D eigenvalue weighted by molar-refractivity contribution is 7.92. The zero-order valence-electron chi connectivity index (χ0n) is 12.0. The molecule has 0 aliphatic heterocycles. The molecule has 0 spiro atoms. The van der Waals surface area contributed by atoms with Gasteiger partial charge in [-0.2, -0.15) is 0 Å². The fourth-order valence-corrected chi connectivity index (χ4v) is 3.06. The van der Waals surface area contributed by atoms with E-state index in [4.69, 9.17) is 11.6 Å². The average Bonchev–Trinajstić information content (AvgIpc) is 2.48. The number of aryl methyl sites for hydroxylation is 1. The normalized spacial score (nSPS) is 11.0. The van der Waals surface area contributed by atoms with Crippen LogP contribution in [0.3, 0.4) is 0 Å². The highest BCUT2D eigenvalue weighted by atomic mass is 35.5. The molecule has 0 heterocycles. The Kier molecular flexibility index (Phi) is 4.73. The summed E-state index contributed by atoms with van der Waals surface area (Å²) in [5.74, 6) is -0.677. The van der Waals surface area contributed by atoms with Crippen molar-refractivity contribution >= 4 is 33.3 Å². The van der Waals surface area contributed by atoms with Crippen LogP contribution in [0.15, 0.2) is 47.4 Å². The summed E-state index contributed by atoms with van der Waals surface area (Å²) in [6.45, 7) is 1.86. The van der Waals surface area contributed by atoms with Gasteiger partial charge in [0.05, 0.1) is 23.3 Å². The molecule has 0 radical (unpaired) electrons. The molecular weight excluding hydrogens is 326 g/mol. The molecule has 22 heavy (non-hydrogen) atoms. The summed E-state index contributed by atoms with van der Waals surface area (Å²) in [7, 11) is -2.60. The molecule has 2 rings (SSSR count). The number of methoxy groups -OCH3 is 1. The van der Waals surface area contributed by atoms with Crippen molar-refractivity contribution in [3.63, 3.8) is 0 Å². The minimum absolute atomic E-state index is 0.0469. The highest BCUT2D eigenvalue weighted by Gasteiger charge is 2.19. The molecule has 0 saturated carbocycles. The van der Waals surface area contributed by atoms with Crippen LogP contribution in [0.1, 0.15) is 15.9 Å². The Morgan fingerprint density at radius 2 is 1.77 bits per heavy atom. The second kappa shape index (κ2) is 6.37. The van der Waals surface area contributed by atoms with Gasteiger partial charge in [-0.25, -0.2) is 13.2 Å². The SMILES string of the molecule is COC(=O)c1cc(Cl)ccc1NS(=O)(=O)c1ccc(C)cc1. The lowest BCUT2D eigenvalue weighted by Crippen LogP contribution is -2.16. The molecule has 7 heteroatoms. The van der Waals surface area contributed by atoms with Gasteiger partial charge in [0.25, 0.3) is 10.0 Å². The summed E-state index contributed by atoms with van der Waals surface area (Å²) in [5.41, 5.74) is 1.10. The largest absolute Gasteiger partial charge is 0.465 e. The van der Waals surface area contributed by atoms with E-state index >= 15 is 0 Å². The lowest BCUT2D eigenvalue weighted by Gasteiger charge is -2.12. The summed E-state index contributed by atoms with van der Waals surface area (Å²) in [4.78, 5) is 11.8. The Bertz CT molecular complexity index is 801. The molecule has 0 fully saturated rings. The van der Waals surface area contributed by atoms with Crippen LogP contribution in [-0.2, 0) is 14.8 Å². The van der Waals surface area contributed by atoms with E-state index in [9.17, 15) is 13.2 Å². The number of carbonyl (C=O) groups excluding carboxylic acids is 1. The van der Waals surface area contributed by atoms with Gasteiger partial charge in [0.15, 0.2) is 0 Å². The first kappa shape index (κ1) is 16.3. The van der Waals surface area contributed by atoms with Crippen molar-refractivity contribution in [3.05, 3.63) is 58.6 Å². The standard InChI is InChI=1S/C15H14ClNO4S/c1-10-3-6-12(7-4-10)22(19,20)17-14-8-5-11(16)9-13(14)15(18)21-2/h3-9,17H,1-2H3. The molecule has 0 atom stereocenters. The van der Waals surface area contributed by atoms with E-state index in [0.717, 1.165) is 5.56 Å². The van der Waals surface area contributed by atoms with Gasteiger partial charge in [0.1, 0.15) is 0 Å². The number of hydrogen-bond donors (Lipinski definition) is 1. The number of benzene rings is 2. The number of sulfonamides is 1. The maximum atomic E-state index is 12.4. The molecule has 1 N–H and O–H groups in total. The first-order valence-corrected chi connectivity index (χ1v) is 8.17. The maximum absolute atomic E-state index is 12.4. The summed E-state index contributed by atoms with van der Waals surface area (Å²) in [6, 6.07) is 10.6. The molecule has 2 aromatic carbocycles. The molecule has 0 amide bonds. The predicted molar refractivity (Wildman–Crippen MR) is 84.8 cm³/mol. The number of anilines is 1. The third kappa shape index (κ3) is 3.58. The number of esters is 1. The smallest absolute Gasteiger partial charge is 0.340 e. The fourth-order valence-electron chi connectivity index (χ4n) is 1.81. The predicted octanol–water partition coefficient (Wildman–Crippen LogP) is 3.24. The second-order valence-electron chi connectivity index (χ2n) is 4.60.